The van der Waals surface area contributed by atoms with E-state index in [1.54, 1.807) is 0 Å². The molecule has 0 radical (unpaired) electrons. The highest BCUT2D eigenvalue weighted by molar-refractivity contribution is 5.70. The molecular formula is C66H117NO8. The van der Waals surface area contributed by atoms with Gasteiger partial charge in [-0.05, 0) is 83.5 Å². The van der Waals surface area contributed by atoms with Gasteiger partial charge in [0, 0.05) is 12.8 Å². The molecule has 0 bridgehead atoms. The molecule has 2 unspecified atom stereocenters. The van der Waals surface area contributed by atoms with Crippen molar-refractivity contribution in [3.8, 4) is 0 Å². The van der Waals surface area contributed by atoms with Crippen molar-refractivity contribution in [2.24, 2.45) is 0 Å². The lowest BCUT2D eigenvalue weighted by atomic mass is 10.0. The Kier molecular flexibility index (Phi) is 54.4. The molecule has 0 aromatic rings. The summed E-state index contributed by atoms with van der Waals surface area (Å²) in [5, 5.41) is 11.8. The summed E-state index contributed by atoms with van der Waals surface area (Å²) in [5.74, 6) is -2.28. The quantitative estimate of drug-likeness (QED) is 0.0195. The molecule has 9 heteroatoms. The molecule has 0 amide bonds. The topological polar surface area (TPSA) is 111 Å². The molecule has 0 N–H and O–H groups in total. The number of unbranched alkanes of at least 4 members (excludes halogenated alkanes) is 30. The molecule has 0 heterocycles. The first-order valence-corrected chi connectivity index (χ1v) is 31.1. The number of carboxylic acid groups (broad SMARTS) is 1. The van der Waals surface area contributed by atoms with Gasteiger partial charge in [0.2, 0.25) is 0 Å². The number of likely N-dealkylation sites (N-methyl/N-ethyl adjacent to an activating group) is 1. The highest BCUT2D eigenvalue weighted by Gasteiger charge is 2.22. The lowest BCUT2D eigenvalue weighted by Gasteiger charge is -2.26. The van der Waals surface area contributed by atoms with Crippen molar-refractivity contribution in [1.82, 2.24) is 0 Å². The van der Waals surface area contributed by atoms with Crippen LogP contribution in [-0.4, -0.2) is 82.3 Å². The van der Waals surface area contributed by atoms with Crippen LogP contribution in [0.5, 0.6) is 0 Å². The normalized spacial score (nSPS) is 13.2. The number of carboxylic acids is 1. The van der Waals surface area contributed by atoms with E-state index in [1.807, 2.05) is 21.1 Å². The van der Waals surface area contributed by atoms with Gasteiger partial charge in [0.05, 0.1) is 40.3 Å². The molecule has 0 aromatic heterocycles. The lowest BCUT2D eigenvalue weighted by Crippen LogP contribution is -2.44. The Hall–Kier alpha value is -3.27. The molecule has 75 heavy (non-hydrogen) atoms. The van der Waals surface area contributed by atoms with Crippen LogP contribution in [0.15, 0.2) is 72.9 Å². The van der Waals surface area contributed by atoms with Gasteiger partial charge in [-0.3, -0.25) is 9.59 Å². The third kappa shape index (κ3) is 58.3. The molecule has 0 aliphatic rings. The van der Waals surface area contributed by atoms with Crippen LogP contribution in [0.4, 0.5) is 0 Å². The zero-order valence-corrected chi connectivity index (χ0v) is 49.4. The Labute approximate surface area is 462 Å². The molecule has 0 rings (SSSR count). The first-order chi connectivity index (χ1) is 36.6. The first kappa shape index (κ1) is 71.7. The van der Waals surface area contributed by atoms with E-state index >= 15 is 0 Å². The van der Waals surface area contributed by atoms with Gasteiger partial charge in [-0.1, -0.05) is 247 Å². The highest BCUT2D eigenvalue weighted by atomic mass is 16.7. The van der Waals surface area contributed by atoms with E-state index in [2.05, 4.69) is 86.8 Å². The molecule has 9 nitrogen and oxygen atoms in total. The van der Waals surface area contributed by atoms with E-state index in [9.17, 15) is 19.5 Å². The Morgan fingerprint density at radius 3 is 1.13 bits per heavy atom. The van der Waals surface area contributed by atoms with Crippen LogP contribution in [0, 0.1) is 0 Å². The SMILES string of the molecule is CC/C=C\C/C=C\C/C=C\C/C=C\CCCCCCCCCCCCCCCCC(=O)OC(COC(=O)CCCCCCCCCCCCC/C=C\C/C=C\CCCCCCC)COC(OCC[N+](C)(C)C)C(=O)[O-]. The van der Waals surface area contributed by atoms with Gasteiger partial charge >= 0.3 is 11.9 Å². The summed E-state index contributed by atoms with van der Waals surface area (Å²) in [6, 6.07) is 0. The van der Waals surface area contributed by atoms with E-state index in [-0.39, 0.29) is 38.6 Å². The van der Waals surface area contributed by atoms with E-state index in [0.29, 0.717) is 17.4 Å². The second-order valence-corrected chi connectivity index (χ2v) is 22.0. The van der Waals surface area contributed by atoms with Crippen molar-refractivity contribution in [2.75, 3.05) is 47.5 Å². The average Bonchev–Trinajstić information content (AvgIpc) is 3.38. The van der Waals surface area contributed by atoms with Crippen LogP contribution in [-0.2, 0) is 33.3 Å². The van der Waals surface area contributed by atoms with Crippen molar-refractivity contribution in [3.05, 3.63) is 72.9 Å². The van der Waals surface area contributed by atoms with Gasteiger partial charge < -0.3 is 33.3 Å². The minimum atomic E-state index is -1.62. The van der Waals surface area contributed by atoms with E-state index in [1.165, 1.54) is 167 Å². The standard InChI is InChI=1S/C66H117NO8/c1-6-8-10-12-14-16-18-20-22-24-26-28-30-31-32-33-35-37-39-41-43-45-47-49-51-53-55-57-64(69)75-62(61-74-66(65(70)71)72-59-58-67(3,4)5)60-73-63(68)56-54-52-50-48-46-44-42-40-38-36-34-29-27-25-23-21-19-17-15-13-11-9-7-2/h8,10,14,16,19-22,25-28,62,66H,6-7,9,11-13,15,17-18,23-24,29-61H2,1-5H3/b10-8-,16-14-,21-19-,22-20-,27-25-,28-26-. The van der Waals surface area contributed by atoms with Crippen LogP contribution in [0.1, 0.15) is 271 Å². The van der Waals surface area contributed by atoms with Crippen molar-refractivity contribution in [3.63, 3.8) is 0 Å². The Balaban J connectivity index is 4.19. The number of nitrogens with zero attached hydrogens (tertiary/aromatic N) is 1. The number of quaternary nitrogens is 1. The fraction of sp³-hybridized carbons (Fsp3) is 0.773. The monoisotopic (exact) mass is 1050 g/mol. The maximum atomic E-state index is 12.9. The van der Waals surface area contributed by atoms with Crippen molar-refractivity contribution < 1.29 is 42.9 Å². The van der Waals surface area contributed by atoms with Gasteiger partial charge in [0.15, 0.2) is 12.4 Å². The van der Waals surface area contributed by atoms with Gasteiger partial charge in [-0.25, -0.2) is 0 Å². The molecular weight excluding hydrogens is 935 g/mol. The number of allylic oxidation sites excluding steroid dienone is 12. The summed E-state index contributed by atoms with van der Waals surface area (Å²) in [6.07, 6.45) is 70.9. The molecule has 0 fully saturated rings. The predicted octanol–water partition coefficient (Wildman–Crippen LogP) is 17.2. The van der Waals surface area contributed by atoms with Gasteiger partial charge in [-0.15, -0.1) is 0 Å². The van der Waals surface area contributed by atoms with Gasteiger partial charge in [-0.2, -0.15) is 0 Å². The third-order valence-electron chi connectivity index (χ3n) is 13.4. The Bertz CT molecular complexity index is 1460. The lowest BCUT2D eigenvalue weighted by molar-refractivity contribution is -0.870. The van der Waals surface area contributed by atoms with Crippen molar-refractivity contribution in [2.45, 2.75) is 283 Å². The fourth-order valence-corrected chi connectivity index (χ4v) is 8.68. The summed E-state index contributed by atoms with van der Waals surface area (Å²) >= 11 is 0. The number of hydrogen-bond donors (Lipinski definition) is 0. The number of aliphatic carboxylic acids is 1. The molecule has 0 spiro atoms. The first-order valence-electron chi connectivity index (χ1n) is 31.1. The predicted molar refractivity (Wildman–Crippen MR) is 315 cm³/mol. The largest absolute Gasteiger partial charge is 0.545 e. The molecule has 0 saturated heterocycles. The van der Waals surface area contributed by atoms with Gasteiger partial charge in [0.25, 0.3) is 0 Å². The van der Waals surface area contributed by atoms with Crippen LogP contribution in [0.25, 0.3) is 0 Å². The van der Waals surface area contributed by atoms with E-state index < -0.39 is 24.3 Å². The van der Waals surface area contributed by atoms with E-state index in [0.717, 1.165) is 70.6 Å². The second-order valence-electron chi connectivity index (χ2n) is 22.0. The Morgan fingerprint density at radius 1 is 0.413 bits per heavy atom. The maximum absolute atomic E-state index is 12.9. The second kappa shape index (κ2) is 56.9. The maximum Gasteiger partial charge on any atom is 0.306 e. The fourth-order valence-electron chi connectivity index (χ4n) is 8.68. The van der Waals surface area contributed by atoms with Crippen LogP contribution >= 0.6 is 0 Å². The zero-order chi connectivity index (χ0) is 54.8. The number of carbonyl (C=O) groups excluding carboxylic acids is 3. The average molecular weight is 1050 g/mol. The number of hydrogen-bond acceptors (Lipinski definition) is 8. The summed E-state index contributed by atoms with van der Waals surface area (Å²) in [6.45, 7) is 4.65. The molecule has 434 valence electrons. The molecule has 0 aliphatic heterocycles. The van der Waals surface area contributed by atoms with Gasteiger partial charge in [0.1, 0.15) is 13.2 Å². The van der Waals surface area contributed by atoms with Crippen LogP contribution in [0.3, 0.4) is 0 Å². The van der Waals surface area contributed by atoms with E-state index in [4.69, 9.17) is 18.9 Å². The Morgan fingerprint density at radius 2 is 0.760 bits per heavy atom. The molecule has 2 atom stereocenters. The number of rotatable bonds is 57. The smallest absolute Gasteiger partial charge is 0.306 e. The zero-order valence-electron chi connectivity index (χ0n) is 49.4. The van der Waals surface area contributed by atoms with Crippen LogP contribution in [0.2, 0.25) is 0 Å². The summed E-state index contributed by atoms with van der Waals surface area (Å²) in [7, 11) is 5.93. The minimum absolute atomic E-state index is 0.146. The minimum Gasteiger partial charge on any atom is -0.545 e. The molecule has 0 saturated carbocycles. The summed E-state index contributed by atoms with van der Waals surface area (Å²) < 4.78 is 22.8. The number of ether oxygens (including phenoxy) is 4. The number of esters is 2. The van der Waals surface area contributed by atoms with Crippen LogP contribution < -0.4 is 5.11 Å². The number of carbonyl (C=O) groups is 3. The van der Waals surface area contributed by atoms with Crippen molar-refractivity contribution in [1.29, 1.82) is 0 Å². The molecule has 0 aromatic carbocycles. The van der Waals surface area contributed by atoms with Crippen molar-refractivity contribution >= 4 is 17.9 Å². The summed E-state index contributed by atoms with van der Waals surface area (Å²) in [4.78, 5) is 37.4. The third-order valence-corrected chi connectivity index (χ3v) is 13.4. The summed E-state index contributed by atoms with van der Waals surface area (Å²) in [5.41, 5.74) is 0. The molecule has 0 aliphatic carbocycles. The highest BCUT2D eigenvalue weighted by Crippen LogP contribution is 2.17.